The number of rotatable bonds is 4. The van der Waals surface area contributed by atoms with Gasteiger partial charge in [-0.3, -0.25) is 4.79 Å². The Kier molecular flexibility index (Phi) is 4.03. The molecule has 94 valence electrons. The Morgan fingerprint density at radius 3 is 2.67 bits per heavy atom. The average molecular weight is 327 g/mol. The first-order valence-corrected chi connectivity index (χ1v) is 6.88. The molecule has 1 heterocycles. The van der Waals surface area contributed by atoms with Gasteiger partial charge in [-0.2, -0.15) is 4.98 Å². The number of hydrogen-bond donors (Lipinski definition) is 2. The number of carbonyl (C=O) groups is 1. The minimum absolute atomic E-state index is 0.0378. The van der Waals surface area contributed by atoms with Crippen LogP contribution in [0.4, 0.5) is 5.95 Å². The monoisotopic (exact) mass is 326 g/mol. The molecule has 2 aromatic rings. The SMILES string of the molecule is C[C@H](Sc1n[nH]c(N)n1)C(=O)c1ccc(Br)cc1. The van der Waals surface area contributed by atoms with Crippen molar-refractivity contribution in [2.75, 3.05) is 5.73 Å². The summed E-state index contributed by atoms with van der Waals surface area (Å²) in [7, 11) is 0. The second-order valence-corrected chi connectivity index (χ2v) is 5.86. The molecule has 0 saturated carbocycles. The van der Waals surface area contributed by atoms with Crippen molar-refractivity contribution in [2.24, 2.45) is 0 Å². The summed E-state index contributed by atoms with van der Waals surface area (Å²) in [4.78, 5) is 16.1. The van der Waals surface area contributed by atoms with Crippen LogP contribution < -0.4 is 5.73 Å². The Labute approximate surface area is 117 Å². The van der Waals surface area contributed by atoms with Gasteiger partial charge in [-0.25, -0.2) is 5.10 Å². The molecule has 2 rings (SSSR count). The predicted molar refractivity (Wildman–Crippen MR) is 74.6 cm³/mol. The molecule has 0 fully saturated rings. The van der Waals surface area contributed by atoms with Crippen LogP contribution in [0, 0.1) is 0 Å². The number of anilines is 1. The van der Waals surface area contributed by atoms with E-state index < -0.39 is 0 Å². The number of nitrogens with two attached hydrogens (primary N) is 1. The highest BCUT2D eigenvalue weighted by atomic mass is 79.9. The molecule has 3 N–H and O–H groups in total. The van der Waals surface area contributed by atoms with Crippen molar-refractivity contribution in [2.45, 2.75) is 17.3 Å². The first kappa shape index (κ1) is 13.1. The van der Waals surface area contributed by atoms with Gasteiger partial charge in [-0.15, -0.1) is 5.10 Å². The lowest BCUT2D eigenvalue weighted by Gasteiger charge is -2.07. The number of halogens is 1. The third-order valence-corrected chi connectivity index (χ3v) is 3.75. The number of nitrogen functional groups attached to an aromatic ring is 1. The van der Waals surface area contributed by atoms with Crippen molar-refractivity contribution in [1.82, 2.24) is 15.2 Å². The molecule has 7 heteroatoms. The second kappa shape index (κ2) is 5.53. The first-order valence-electron chi connectivity index (χ1n) is 5.20. The second-order valence-electron chi connectivity index (χ2n) is 3.63. The van der Waals surface area contributed by atoms with Gasteiger partial charge in [0, 0.05) is 10.0 Å². The van der Waals surface area contributed by atoms with Crippen LogP contribution >= 0.6 is 27.7 Å². The topological polar surface area (TPSA) is 84.7 Å². The van der Waals surface area contributed by atoms with Gasteiger partial charge in [0.05, 0.1) is 5.25 Å². The number of nitrogens with zero attached hydrogens (tertiary/aromatic N) is 2. The molecule has 1 atom stereocenters. The highest BCUT2D eigenvalue weighted by Crippen LogP contribution is 2.23. The van der Waals surface area contributed by atoms with E-state index in [0.717, 1.165) is 4.47 Å². The predicted octanol–water partition coefficient (Wildman–Crippen LogP) is 2.51. The van der Waals surface area contributed by atoms with Crippen LogP contribution in [0.15, 0.2) is 33.9 Å². The normalized spacial score (nSPS) is 12.3. The number of ketones is 1. The molecule has 1 aromatic heterocycles. The number of H-pyrrole nitrogens is 1. The Balaban J connectivity index is 2.07. The number of thioether (sulfide) groups is 1. The number of hydrogen-bond acceptors (Lipinski definition) is 5. The Morgan fingerprint density at radius 1 is 1.44 bits per heavy atom. The van der Waals surface area contributed by atoms with Crippen LogP contribution in [0.1, 0.15) is 17.3 Å². The maximum absolute atomic E-state index is 12.1. The van der Waals surface area contributed by atoms with E-state index in [9.17, 15) is 4.79 Å². The van der Waals surface area contributed by atoms with Gasteiger partial charge in [0.2, 0.25) is 11.1 Å². The minimum atomic E-state index is -0.263. The zero-order valence-corrected chi connectivity index (χ0v) is 12.0. The summed E-state index contributed by atoms with van der Waals surface area (Å²) in [6.45, 7) is 1.82. The average Bonchev–Trinajstić information content (AvgIpc) is 2.75. The van der Waals surface area contributed by atoms with E-state index in [0.29, 0.717) is 10.7 Å². The molecule has 0 amide bonds. The Bertz CT molecular complexity index is 554. The van der Waals surface area contributed by atoms with Crippen LogP contribution in [-0.4, -0.2) is 26.2 Å². The fourth-order valence-corrected chi connectivity index (χ4v) is 2.44. The van der Waals surface area contributed by atoms with Gasteiger partial charge in [0.1, 0.15) is 0 Å². The van der Waals surface area contributed by atoms with Gasteiger partial charge in [0.25, 0.3) is 0 Å². The molecule has 0 spiro atoms. The molecular formula is C11H11BrN4OS. The van der Waals surface area contributed by atoms with E-state index in [4.69, 9.17) is 5.73 Å². The maximum atomic E-state index is 12.1. The number of Topliss-reactive ketones (excluding diaryl/α,β-unsaturated/α-hetero) is 1. The number of aromatic nitrogens is 3. The van der Waals surface area contributed by atoms with Crippen LogP contribution in [0.2, 0.25) is 0 Å². The molecule has 5 nitrogen and oxygen atoms in total. The lowest BCUT2D eigenvalue weighted by atomic mass is 10.1. The zero-order chi connectivity index (χ0) is 13.1. The largest absolute Gasteiger partial charge is 0.368 e. The molecule has 1 aromatic carbocycles. The van der Waals surface area contributed by atoms with Crippen molar-refractivity contribution in [3.63, 3.8) is 0 Å². The summed E-state index contributed by atoms with van der Waals surface area (Å²) < 4.78 is 0.945. The molecule has 0 radical (unpaired) electrons. The lowest BCUT2D eigenvalue weighted by Crippen LogP contribution is -2.13. The van der Waals surface area contributed by atoms with Crippen molar-refractivity contribution in [3.8, 4) is 0 Å². The molecule has 18 heavy (non-hydrogen) atoms. The minimum Gasteiger partial charge on any atom is -0.368 e. The number of aromatic amines is 1. The third-order valence-electron chi connectivity index (χ3n) is 2.26. The zero-order valence-electron chi connectivity index (χ0n) is 9.55. The third kappa shape index (κ3) is 3.11. The molecule has 0 bridgehead atoms. The molecule has 0 unspecified atom stereocenters. The van der Waals surface area contributed by atoms with Crippen LogP contribution in [-0.2, 0) is 0 Å². The summed E-state index contributed by atoms with van der Waals surface area (Å²) in [5.74, 6) is 0.289. The van der Waals surface area contributed by atoms with E-state index in [1.165, 1.54) is 11.8 Å². The van der Waals surface area contributed by atoms with Crippen LogP contribution in [0.3, 0.4) is 0 Å². The summed E-state index contributed by atoms with van der Waals surface area (Å²) >= 11 is 4.61. The lowest BCUT2D eigenvalue weighted by molar-refractivity contribution is 0.0994. The number of carbonyl (C=O) groups excluding carboxylic acids is 1. The Morgan fingerprint density at radius 2 is 2.11 bits per heavy atom. The summed E-state index contributed by atoms with van der Waals surface area (Å²) in [6.07, 6.45) is 0. The molecule has 0 aliphatic rings. The van der Waals surface area contributed by atoms with E-state index in [1.54, 1.807) is 12.1 Å². The molecule has 0 aliphatic heterocycles. The van der Waals surface area contributed by atoms with Gasteiger partial charge in [-0.05, 0) is 19.1 Å². The highest BCUT2D eigenvalue weighted by Gasteiger charge is 2.18. The van der Waals surface area contributed by atoms with E-state index in [-0.39, 0.29) is 17.0 Å². The molecular weight excluding hydrogens is 316 g/mol. The fourth-order valence-electron chi connectivity index (χ4n) is 1.37. The van der Waals surface area contributed by atoms with E-state index >= 15 is 0 Å². The fraction of sp³-hybridized carbons (Fsp3) is 0.182. The van der Waals surface area contributed by atoms with E-state index in [2.05, 4.69) is 31.1 Å². The first-order chi connectivity index (χ1) is 8.56. The smallest absolute Gasteiger partial charge is 0.216 e. The molecule has 0 saturated heterocycles. The van der Waals surface area contributed by atoms with E-state index in [1.807, 2.05) is 19.1 Å². The van der Waals surface area contributed by atoms with Gasteiger partial charge in [-0.1, -0.05) is 39.8 Å². The summed E-state index contributed by atoms with van der Waals surface area (Å²) in [5.41, 5.74) is 6.09. The van der Waals surface area contributed by atoms with Crippen molar-refractivity contribution in [3.05, 3.63) is 34.3 Å². The van der Waals surface area contributed by atoms with Gasteiger partial charge < -0.3 is 5.73 Å². The standard InChI is InChI=1S/C11H11BrN4OS/c1-6(18-11-14-10(13)15-16-11)9(17)7-2-4-8(12)5-3-7/h2-6H,1H3,(H3,13,14,15,16)/t6-/m0/s1. The maximum Gasteiger partial charge on any atom is 0.216 e. The molecule has 0 aliphatic carbocycles. The van der Waals surface area contributed by atoms with Crippen molar-refractivity contribution >= 4 is 39.4 Å². The van der Waals surface area contributed by atoms with Crippen LogP contribution in [0.5, 0.6) is 0 Å². The van der Waals surface area contributed by atoms with Gasteiger partial charge >= 0.3 is 0 Å². The van der Waals surface area contributed by atoms with Crippen LogP contribution in [0.25, 0.3) is 0 Å². The quantitative estimate of drug-likeness (QED) is 0.666. The summed E-state index contributed by atoms with van der Waals surface area (Å²) in [5, 5.41) is 6.64. The number of benzene rings is 1. The van der Waals surface area contributed by atoms with Crippen molar-refractivity contribution in [1.29, 1.82) is 0 Å². The number of nitrogens with one attached hydrogen (secondary N) is 1. The van der Waals surface area contributed by atoms with Crippen molar-refractivity contribution < 1.29 is 4.79 Å². The summed E-state index contributed by atoms with van der Waals surface area (Å²) in [6, 6.07) is 7.26. The highest BCUT2D eigenvalue weighted by molar-refractivity contribution is 9.10. The van der Waals surface area contributed by atoms with Gasteiger partial charge in [0.15, 0.2) is 5.78 Å². The Hall–Kier alpha value is -1.34.